The lowest BCUT2D eigenvalue weighted by Crippen LogP contribution is -2.20. The van der Waals surface area contributed by atoms with E-state index in [0.717, 1.165) is 11.8 Å². The van der Waals surface area contributed by atoms with E-state index in [2.05, 4.69) is 10.3 Å². The monoisotopic (exact) mass is 286 g/mol. The number of hydrogen-bond donors (Lipinski definition) is 1. The highest BCUT2D eigenvalue weighted by Gasteiger charge is 2.32. The van der Waals surface area contributed by atoms with Crippen LogP contribution in [0.3, 0.4) is 0 Å². The van der Waals surface area contributed by atoms with Crippen molar-refractivity contribution in [3.63, 3.8) is 0 Å². The minimum atomic E-state index is -4.32. The maximum Gasteiger partial charge on any atom is 0.416 e. The number of rotatable bonds is 4. The van der Waals surface area contributed by atoms with E-state index >= 15 is 0 Å². The van der Waals surface area contributed by atoms with Crippen molar-refractivity contribution in [2.45, 2.75) is 25.7 Å². The Morgan fingerprint density at radius 1 is 1.32 bits per heavy atom. The first-order chi connectivity index (χ1) is 8.98. The van der Waals surface area contributed by atoms with Gasteiger partial charge >= 0.3 is 6.18 Å². The highest BCUT2D eigenvalue weighted by molar-refractivity contribution is 7.07. The zero-order valence-electron chi connectivity index (χ0n) is 10.2. The Balaban J connectivity index is 2.08. The van der Waals surface area contributed by atoms with Crippen LogP contribution in [0.15, 0.2) is 35.2 Å². The van der Waals surface area contributed by atoms with E-state index in [-0.39, 0.29) is 18.2 Å². The van der Waals surface area contributed by atoms with E-state index in [1.165, 1.54) is 23.5 Å². The van der Waals surface area contributed by atoms with Gasteiger partial charge < -0.3 is 5.32 Å². The Bertz CT molecular complexity index is 523. The fraction of sp³-hybridized carbons (Fsp3) is 0.308. The van der Waals surface area contributed by atoms with Crippen LogP contribution >= 0.6 is 11.3 Å². The van der Waals surface area contributed by atoms with Crippen LogP contribution in [-0.2, 0) is 12.7 Å². The predicted octanol–water partition coefficient (Wildman–Crippen LogP) is 4.01. The van der Waals surface area contributed by atoms with E-state index in [1.54, 1.807) is 11.6 Å². The maximum absolute atomic E-state index is 12.8. The number of hydrogen-bond acceptors (Lipinski definition) is 3. The topological polar surface area (TPSA) is 24.9 Å². The van der Waals surface area contributed by atoms with Gasteiger partial charge in [0.1, 0.15) is 0 Å². The van der Waals surface area contributed by atoms with Gasteiger partial charge in [-0.25, -0.2) is 4.98 Å². The Morgan fingerprint density at radius 3 is 2.68 bits per heavy atom. The molecule has 0 amide bonds. The van der Waals surface area contributed by atoms with Crippen molar-refractivity contribution in [2.24, 2.45) is 0 Å². The number of thiazole rings is 1. The van der Waals surface area contributed by atoms with Crippen molar-refractivity contribution >= 4 is 11.3 Å². The summed E-state index contributed by atoms with van der Waals surface area (Å²) in [4.78, 5) is 4.13. The van der Waals surface area contributed by atoms with Gasteiger partial charge in [-0.3, -0.25) is 0 Å². The first-order valence-corrected chi connectivity index (χ1v) is 6.69. The molecule has 0 aliphatic heterocycles. The molecule has 1 heterocycles. The summed E-state index contributed by atoms with van der Waals surface area (Å²) < 4.78 is 38.4. The van der Waals surface area contributed by atoms with Crippen LogP contribution in [0.5, 0.6) is 0 Å². The van der Waals surface area contributed by atoms with Gasteiger partial charge in [0.2, 0.25) is 0 Å². The largest absolute Gasteiger partial charge is 0.416 e. The second-order valence-electron chi connectivity index (χ2n) is 4.17. The summed E-state index contributed by atoms with van der Waals surface area (Å²) in [6, 6.07) is 5.52. The van der Waals surface area contributed by atoms with Crippen LogP contribution in [0.25, 0.3) is 0 Å². The van der Waals surface area contributed by atoms with Crippen LogP contribution in [-0.4, -0.2) is 4.98 Å². The summed E-state index contributed by atoms with van der Waals surface area (Å²) in [5, 5.41) is 4.94. The molecule has 2 aromatic rings. The summed E-state index contributed by atoms with van der Waals surface area (Å²) in [6.45, 7) is 2.04. The molecule has 1 atom stereocenters. The second kappa shape index (κ2) is 5.71. The molecule has 1 aromatic heterocycles. The lowest BCUT2D eigenvalue weighted by atomic mass is 10.1. The van der Waals surface area contributed by atoms with E-state index in [4.69, 9.17) is 0 Å². The maximum atomic E-state index is 12.8. The lowest BCUT2D eigenvalue weighted by molar-refractivity contribution is -0.138. The third kappa shape index (κ3) is 3.54. The highest BCUT2D eigenvalue weighted by atomic mass is 32.1. The summed E-state index contributed by atoms with van der Waals surface area (Å²) in [5.41, 5.74) is 2.21. The Hall–Kier alpha value is -1.40. The van der Waals surface area contributed by atoms with Crippen LogP contribution in [0.4, 0.5) is 13.2 Å². The molecule has 102 valence electrons. The number of benzene rings is 1. The van der Waals surface area contributed by atoms with Crippen molar-refractivity contribution in [3.8, 4) is 0 Å². The van der Waals surface area contributed by atoms with Gasteiger partial charge in [-0.1, -0.05) is 18.2 Å². The number of nitrogens with zero attached hydrogens (tertiary/aromatic N) is 1. The molecule has 0 aliphatic rings. The van der Waals surface area contributed by atoms with Crippen molar-refractivity contribution in [1.82, 2.24) is 10.3 Å². The first-order valence-electron chi connectivity index (χ1n) is 5.75. The van der Waals surface area contributed by atoms with E-state index < -0.39 is 11.7 Å². The summed E-state index contributed by atoms with van der Waals surface area (Å²) in [6.07, 6.45) is -4.32. The van der Waals surface area contributed by atoms with Gasteiger partial charge in [0, 0.05) is 18.0 Å². The third-order valence-corrected chi connectivity index (χ3v) is 3.42. The zero-order valence-corrected chi connectivity index (χ0v) is 11.1. The summed E-state index contributed by atoms with van der Waals surface area (Å²) >= 11 is 1.47. The molecule has 6 heteroatoms. The molecule has 1 N–H and O–H groups in total. The average Bonchev–Trinajstić information content (AvgIpc) is 2.89. The molecule has 1 unspecified atom stereocenters. The second-order valence-corrected chi connectivity index (χ2v) is 4.89. The molecule has 2 rings (SSSR count). The van der Waals surface area contributed by atoms with Gasteiger partial charge in [0.05, 0.1) is 16.8 Å². The van der Waals surface area contributed by atoms with E-state index in [0.29, 0.717) is 0 Å². The smallest absolute Gasteiger partial charge is 0.305 e. The normalized spacial score (nSPS) is 13.5. The van der Waals surface area contributed by atoms with Crippen LogP contribution in [0.1, 0.15) is 29.8 Å². The van der Waals surface area contributed by atoms with Crippen LogP contribution < -0.4 is 5.32 Å². The number of alkyl halides is 3. The number of nitrogens with one attached hydrogen (secondary N) is 1. The molecule has 0 spiro atoms. The molecule has 19 heavy (non-hydrogen) atoms. The molecule has 0 aliphatic carbocycles. The predicted molar refractivity (Wildman–Crippen MR) is 68.8 cm³/mol. The van der Waals surface area contributed by atoms with E-state index in [1.807, 2.05) is 12.3 Å². The molecule has 2 nitrogen and oxygen atoms in total. The summed E-state index contributed by atoms with van der Waals surface area (Å²) in [5.74, 6) is 0. The average molecular weight is 286 g/mol. The van der Waals surface area contributed by atoms with Gasteiger partial charge in [-0.15, -0.1) is 11.3 Å². The minimum absolute atomic E-state index is 0.0764. The fourth-order valence-corrected chi connectivity index (χ4v) is 2.40. The zero-order chi connectivity index (χ0) is 13.9. The molecule has 0 radical (unpaired) electrons. The Labute approximate surface area is 113 Å². The third-order valence-electron chi connectivity index (χ3n) is 2.82. The van der Waals surface area contributed by atoms with Crippen molar-refractivity contribution in [3.05, 3.63) is 52.0 Å². The van der Waals surface area contributed by atoms with Crippen molar-refractivity contribution in [2.75, 3.05) is 0 Å². The minimum Gasteiger partial charge on any atom is -0.305 e. The summed E-state index contributed by atoms with van der Waals surface area (Å²) in [7, 11) is 0. The van der Waals surface area contributed by atoms with Gasteiger partial charge in [0.25, 0.3) is 0 Å². The molecular weight excluding hydrogens is 273 g/mol. The highest BCUT2D eigenvalue weighted by Crippen LogP contribution is 2.32. The fourth-order valence-electron chi connectivity index (χ4n) is 1.75. The van der Waals surface area contributed by atoms with Crippen molar-refractivity contribution in [1.29, 1.82) is 0 Å². The van der Waals surface area contributed by atoms with Gasteiger partial charge in [0.15, 0.2) is 0 Å². The molecule has 0 bridgehead atoms. The Morgan fingerprint density at radius 2 is 2.05 bits per heavy atom. The molecule has 0 saturated carbocycles. The first kappa shape index (κ1) is 14.0. The van der Waals surface area contributed by atoms with Gasteiger partial charge in [-0.2, -0.15) is 13.2 Å². The quantitative estimate of drug-likeness (QED) is 0.918. The van der Waals surface area contributed by atoms with E-state index in [9.17, 15) is 13.2 Å². The molecule has 0 saturated heterocycles. The lowest BCUT2D eigenvalue weighted by Gasteiger charge is -2.15. The standard InChI is InChI=1S/C13H13F3N2S/c1-9(12-7-19-8-18-12)17-6-10-4-2-3-5-11(10)13(14,15)16/h2-5,7-9,17H,6H2,1H3. The van der Waals surface area contributed by atoms with Crippen LogP contribution in [0.2, 0.25) is 0 Å². The van der Waals surface area contributed by atoms with Gasteiger partial charge in [-0.05, 0) is 18.6 Å². The molecule has 1 aromatic carbocycles. The SMILES string of the molecule is CC(NCc1ccccc1C(F)(F)F)c1cscn1. The van der Waals surface area contributed by atoms with Crippen LogP contribution in [0, 0.1) is 0 Å². The number of aromatic nitrogens is 1. The van der Waals surface area contributed by atoms with Crippen molar-refractivity contribution < 1.29 is 13.2 Å². The number of halogens is 3. The molecule has 0 fully saturated rings. The Kier molecular flexibility index (Phi) is 4.21. The molecular formula is C13H13F3N2S.